The van der Waals surface area contributed by atoms with Crippen LogP contribution in [-0.4, -0.2) is 19.7 Å². The molecule has 0 spiro atoms. The summed E-state index contributed by atoms with van der Waals surface area (Å²) in [4.78, 5) is 2.59. The maximum atomic E-state index is 10.7. The summed E-state index contributed by atoms with van der Waals surface area (Å²) in [5.41, 5.74) is 0. The zero-order valence-electron chi connectivity index (χ0n) is 4.96. The number of aromatic nitrogens is 1. The van der Waals surface area contributed by atoms with Crippen molar-refractivity contribution in [2.24, 2.45) is 0 Å². The minimum absolute atomic E-state index is 0.266. The molecule has 0 saturated heterocycles. The number of nitrogens with one attached hydrogen (secondary N) is 1. The van der Waals surface area contributed by atoms with Gasteiger partial charge >= 0.3 is 0 Å². The van der Waals surface area contributed by atoms with Crippen LogP contribution in [0.15, 0.2) is 23.4 Å². The van der Waals surface area contributed by atoms with Crippen LogP contribution in [0.3, 0.4) is 0 Å². The van der Waals surface area contributed by atoms with Crippen LogP contribution in [0.1, 0.15) is 0 Å². The van der Waals surface area contributed by atoms with Crippen LogP contribution in [0.2, 0.25) is 0 Å². The molecular weight excluding hydrogens is 138 g/mol. The molecule has 0 aliphatic heterocycles. The molecule has 0 saturated carbocycles. The van der Waals surface area contributed by atoms with Gasteiger partial charge in [0.25, 0.3) is 0 Å². The molecule has 1 N–H and O–H groups in total. The first-order chi connectivity index (χ1) is 4.11. The van der Waals surface area contributed by atoms with Crippen molar-refractivity contribution in [1.82, 2.24) is 4.98 Å². The average Bonchev–Trinajstić information content (AvgIpc) is 2.08. The normalized spacial score (nSPS) is 11.7. The van der Waals surface area contributed by atoms with E-state index in [4.69, 9.17) is 0 Å². The number of rotatable bonds is 1. The Bertz CT molecular complexity index is 272. The summed E-state index contributed by atoms with van der Waals surface area (Å²) >= 11 is 0. The standard InChI is InChI=1S/C5H7NO2S/c1-9(7,8)5-3-2-4-6-5/h2-4,6H,1H3. The second-order valence-corrected chi connectivity index (χ2v) is 3.79. The largest absolute Gasteiger partial charge is 0.352 e. The van der Waals surface area contributed by atoms with Crippen LogP contribution in [0, 0.1) is 0 Å². The zero-order chi connectivity index (χ0) is 6.91. The SMILES string of the molecule is CS(=O)(=O)c1ccc[nH]1. The molecule has 0 unspecified atom stereocenters. The molecule has 0 aliphatic rings. The van der Waals surface area contributed by atoms with Gasteiger partial charge in [0.1, 0.15) is 5.03 Å². The van der Waals surface area contributed by atoms with E-state index in [-0.39, 0.29) is 5.03 Å². The third-order valence-electron chi connectivity index (χ3n) is 0.969. The van der Waals surface area contributed by atoms with Crippen molar-refractivity contribution in [3.8, 4) is 0 Å². The molecule has 4 heteroatoms. The Hall–Kier alpha value is -0.770. The van der Waals surface area contributed by atoms with Gasteiger partial charge in [-0.1, -0.05) is 0 Å². The lowest BCUT2D eigenvalue weighted by molar-refractivity contribution is 0.599. The summed E-state index contributed by atoms with van der Waals surface area (Å²) in [7, 11) is -3.02. The predicted molar refractivity (Wildman–Crippen MR) is 33.9 cm³/mol. The van der Waals surface area contributed by atoms with E-state index in [2.05, 4.69) is 4.98 Å². The topological polar surface area (TPSA) is 49.9 Å². The Morgan fingerprint density at radius 3 is 2.44 bits per heavy atom. The molecule has 0 atom stereocenters. The smallest absolute Gasteiger partial charge is 0.190 e. The highest BCUT2D eigenvalue weighted by Gasteiger charge is 2.04. The molecule has 1 aromatic rings. The van der Waals surface area contributed by atoms with E-state index in [1.54, 1.807) is 12.3 Å². The lowest BCUT2D eigenvalue weighted by Gasteiger charge is -1.87. The van der Waals surface area contributed by atoms with Gasteiger partial charge in [0.05, 0.1) is 0 Å². The summed E-state index contributed by atoms with van der Waals surface area (Å²) in [5.74, 6) is 0. The van der Waals surface area contributed by atoms with Crippen LogP contribution in [0.5, 0.6) is 0 Å². The van der Waals surface area contributed by atoms with Crippen LogP contribution >= 0.6 is 0 Å². The van der Waals surface area contributed by atoms with Crippen molar-refractivity contribution in [3.05, 3.63) is 18.3 Å². The van der Waals surface area contributed by atoms with E-state index >= 15 is 0 Å². The van der Waals surface area contributed by atoms with Gasteiger partial charge in [-0.15, -0.1) is 0 Å². The third-order valence-corrected chi connectivity index (χ3v) is 2.02. The van der Waals surface area contributed by atoms with Gasteiger partial charge in [0.15, 0.2) is 9.84 Å². The molecule has 0 bridgehead atoms. The monoisotopic (exact) mass is 145 g/mol. The van der Waals surface area contributed by atoms with E-state index in [0.717, 1.165) is 0 Å². The Balaban J connectivity index is 3.20. The van der Waals surface area contributed by atoms with Gasteiger partial charge in [-0.25, -0.2) is 8.42 Å². The second kappa shape index (κ2) is 1.88. The molecule has 9 heavy (non-hydrogen) atoms. The Morgan fingerprint density at radius 1 is 1.56 bits per heavy atom. The molecule has 1 aromatic heterocycles. The highest BCUT2D eigenvalue weighted by molar-refractivity contribution is 7.90. The van der Waals surface area contributed by atoms with Gasteiger partial charge in [-0.05, 0) is 12.1 Å². The minimum atomic E-state index is -3.02. The summed E-state index contributed by atoms with van der Waals surface area (Å²) in [6, 6.07) is 3.17. The quantitative estimate of drug-likeness (QED) is 0.622. The maximum absolute atomic E-state index is 10.7. The predicted octanol–water partition coefficient (Wildman–Crippen LogP) is 0.418. The number of sulfone groups is 1. The van der Waals surface area contributed by atoms with Gasteiger partial charge in [-0.3, -0.25) is 0 Å². The van der Waals surface area contributed by atoms with Crippen molar-refractivity contribution in [1.29, 1.82) is 0 Å². The van der Waals surface area contributed by atoms with Gasteiger partial charge in [-0.2, -0.15) is 0 Å². The van der Waals surface area contributed by atoms with Crippen molar-refractivity contribution in [3.63, 3.8) is 0 Å². The molecule has 1 rings (SSSR count). The minimum Gasteiger partial charge on any atom is -0.352 e. The molecule has 0 amide bonds. The Kier molecular flexibility index (Phi) is 1.32. The molecular formula is C5H7NO2S. The third kappa shape index (κ3) is 1.32. The number of hydrogen-bond acceptors (Lipinski definition) is 2. The van der Waals surface area contributed by atoms with E-state index in [1.165, 1.54) is 12.3 Å². The summed E-state index contributed by atoms with van der Waals surface area (Å²) in [5, 5.41) is 0.266. The maximum Gasteiger partial charge on any atom is 0.190 e. The van der Waals surface area contributed by atoms with E-state index in [1.807, 2.05) is 0 Å². The first-order valence-electron chi connectivity index (χ1n) is 2.44. The van der Waals surface area contributed by atoms with Gasteiger partial charge < -0.3 is 4.98 Å². The molecule has 3 nitrogen and oxygen atoms in total. The fourth-order valence-electron chi connectivity index (χ4n) is 0.545. The molecule has 1 heterocycles. The zero-order valence-corrected chi connectivity index (χ0v) is 5.77. The molecule has 50 valence electrons. The first kappa shape index (κ1) is 6.35. The second-order valence-electron chi connectivity index (χ2n) is 1.81. The fraction of sp³-hybridized carbons (Fsp3) is 0.200. The summed E-state index contributed by atoms with van der Waals surface area (Å²) in [6.07, 6.45) is 2.75. The Morgan fingerprint density at radius 2 is 2.22 bits per heavy atom. The van der Waals surface area contributed by atoms with Gasteiger partial charge in [0.2, 0.25) is 0 Å². The molecule has 0 aromatic carbocycles. The van der Waals surface area contributed by atoms with Crippen molar-refractivity contribution in [2.75, 3.05) is 6.26 Å². The van der Waals surface area contributed by atoms with Gasteiger partial charge in [0, 0.05) is 12.5 Å². The summed E-state index contributed by atoms with van der Waals surface area (Å²) < 4.78 is 21.3. The van der Waals surface area contributed by atoms with Crippen LogP contribution in [-0.2, 0) is 9.84 Å². The van der Waals surface area contributed by atoms with Crippen molar-refractivity contribution in [2.45, 2.75) is 5.03 Å². The number of hydrogen-bond donors (Lipinski definition) is 1. The lowest BCUT2D eigenvalue weighted by atomic mass is 10.7. The fourth-order valence-corrected chi connectivity index (χ4v) is 1.15. The van der Waals surface area contributed by atoms with Crippen LogP contribution in [0.25, 0.3) is 0 Å². The average molecular weight is 145 g/mol. The Labute approximate surface area is 53.6 Å². The number of aromatic amines is 1. The lowest BCUT2D eigenvalue weighted by Crippen LogP contribution is -1.95. The summed E-state index contributed by atoms with van der Waals surface area (Å²) in [6.45, 7) is 0. The van der Waals surface area contributed by atoms with E-state index < -0.39 is 9.84 Å². The highest BCUT2D eigenvalue weighted by Crippen LogP contribution is 2.01. The van der Waals surface area contributed by atoms with Crippen LogP contribution in [0.4, 0.5) is 0 Å². The van der Waals surface area contributed by atoms with E-state index in [9.17, 15) is 8.42 Å². The van der Waals surface area contributed by atoms with E-state index in [0.29, 0.717) is 0 Å². The molecule has 0 radical (unpaired) electrons. The van der Waals surface area contributed by atoms with Crippen molar-refractivity contribution >= 4 is 9.84 Å². The molecule has 0 fully saturated rings. The molecule has 0 aliphatic carbocycles. The van der Waals surface area contributed by atoms with Crippen LogP contribution < -0.4 is 0 Å². The number of H-pyrrole nitrogens is 1. The first-order valence-corrected chi connectivity index (χ1v) is 4.33. The highest BCUT2D eigenvalue weighted by atomic mass is 32.2. The van der Waals surface area contributed by atoms with Crippen molar-refractivity contribution < 1.29 is 8.42 Å².